The normalized spacial score (nSPS) is 9.00. The molecule has 92 valence electrons. The molecule has 2 aromatic carbocycles. The first-order valence-electron chi connectivity index (χ1n) is 5.47. The lowest BCUT2D eigenvalue weighted by Gasteiger charge is -1.98. The van der Waals surface area contributed by atoms with Crippen LogP contribution in [0.3, 0.4) is 0 Å². The highest BCUT2D eigenvalue weighted by atomic mass is 35.5. The van der Waals surface area contributed by atoms with Crippen LogP contribution in [0, 0.1) is 12.3 Å². The van der Waals surface area contributed by atoms with Crippen LogP contribution in [0.4, 0.5) is 5.69 Å². The van der Waals surface area contributed by atoms with Crippen LogP contribution in [0.15, 0.2) is 59.6 Å². The predicted octanol–water partition coefficient (Wildman–Crippen LogP) is 4.58. The number of hydrogen-bond donors (Lipinski definition) is 1. The van der Waals surface area contributed by atoms with Gasteiger partial charge in [0.25, 0.3) is 0 Å². The fourth-order valence-corrected chi connectivity index (χ4v) is 1.49. The first-order chi connectivity index (χ1) is 8.65. The molecule has 18 heavy (non-hydrogen) atoms. The Bertz CT molecular complexity index is 521. The third-order valence-corrected chi connectivity index (χ3v) is 2.45. The summed E-state index contributed by atoms with van der Waals surface area (Å²) in [6, 6.07) is 17.4. The van der Waals surface area contributed by atoms with Crippen molar-refractivity contribution in [3.05, 3.63) is 65.7 Å². The van der Waals surface area contributed by atoms with Gasteiger partial charge in [-0.1, -0.05) is 59.6 Å². The Hall–Kier alpha value is -1.93. The van der Waals surface area contributed by atoms with Gasteiger partial charge in [0.2, 0.25) is 0 Å². The van der Waals surface area contributed by atoms with Crippen molar-refractivity contribution in [1.29, 1.82) is 5.41 Å². The smallest absolute Gasteiger partial charge is 0.130 e. The first kappa shape index (κ1) is 14.1. The number of hydrogen-bond acceptors (Lipinski definition) is 2. The molecule has 3 heteroatoms. The van der Waals surface area contributed by atoms with Gasteiger partial charge in [-0.2, -0.15) is 0 Å². The number of halogens is 1. The minimum Gasteiger partial charge on any atom is -0.289 e. The molecular weight excluding hydrogens is 244 g/mol. The maximum absolute atomic E-state index is 7.16. The van der Waals surface area contributed by atoms with E-state index in [0.29, 0.717) is 11.3 Å². The first-order valence-corrected chi connectivity index (χ1v) is 5.84. The highest BCUT2D eigenvalue weighted by Crippen LogP contribution is 2.19. The Morgan fingerprint density at radius 3 is 2.00 bits per heavy atom. The molecule has 0 spiro atoms. The molecule has 0 aromatic heterocycles. The summed E-state index contributed by atoms with van der Waals surface area (Å²) >= 11 is 5.48. The number of para-hydroxylation sites is 1. The standard InChI is InChI=1S/C8H7ClN2.C7H8/c1-11-7-5-3-2-4-6(7)8(9)10;1-7-5-3-2-4-6-7/h2-5,10H,1H2;2-6H,1H3. The number of nitrogens with one attached hydrogen (secondary N) is 1. The van der Waals surface area contributed by atoms with Gasteiger partial charge in [0.05, 0.1) is 5.69 Å². The van der Waals surface area contributed by atoms with Crippen molar-refractivity contribution in [1.82, 2.24) is 0 Å². The zero-order chi connectivity index (χ0) is 13.4. The van der Waals surface area contributed by atoms with E-state index in [1.54, 1.807) is 18.2 Å². The Kier molecular flexibility index (Phi) is 5.81. The number of aryl methyl sites for hydroxylation is 1. The number of rotatable bonds is 2. The molecule has 0 atom stereocenters. The van der Waals surface area contributed by atoms with Crippen LogP contribution in [-0.2, 0) is 0 Å². The maximum Gasteiger partial charge on any atom is 0.130 e. The highest BCUT2D eigenvalue weighted by molar-refractivity contribution is 6.69. The van der Waals surface area contributed by atoms with Crippen LogP contribution in [-0.4, -0.2) is 11.9 Å². The molecule has 0 heterocycles. The maximum atomic E-state index is 7.16. The lowest BCUT2D eigenvalue weighted by Crippen LogP contribution is -1.87. The van der Waals surface area contributed by atoms with Crippen molar-refractivity contribution in [2.24, 2.45) is 4.99 Å². The summed E-state index contributed by atoms with van der Waals surface area (Å²) in [6.07, 6.45) is 0. The average molecular weight is 259 g/mol. The molecule has 0 unspecified atom stereocenters. The summed E-state index contributed by atoms with van der Waals surface area (Å²) in [7, 11) is 0. The van der Waals surface area contributed by atoms with Crippen LogP contribution < -0.4 is 0 Å². The molecule has 0 saturated heterocycles. The van der Waals surface area contributed by atoms with Gasteiger partial charge in [-0.05, 0) is 25.8 Å². The lowest BCUT2D eigenvalue weighted by atomic mass is 10.2. The van der Waals surface area contributed by atoms with Crippen molar-refractivity contribution in [3.63, 3.8) is 0 Å². The van der Waals surface area contributed by atoms with E-state index >= 15 is 0 Å². The van der Waals surface area contributed by atoms with Crippen molar-refractivity contribution >= 4 is 29.2 Å². The van der Waals surface area contributed by atoms with E-state index in [4.69, 9.17) is 17.0 Å². The van der Waals surface area contributed by atoms with Gasteiger partial charge in [-0.15, -0.1) is 0 Å². The minimum atomic E-state index is -0.00648. The molecule has 0 bridgehead atoms. The molecule has 2 aromatic rings. The molecule has 0 radical (unpaired) electrons. The summed E-state index contributed by atoms with van der Waals surface area (Å²) in [5.41, 5.74) is 2.58. The Labute approximate surface area is 112 Å². The third kappa shape index (κ3) is 4.52. The zero-order valence-electron chi connectivity index (χ0n) is 10.2. The van der Waals surface area contributed by atoms with Crippen LogP contribution in [0.5, 0.6) is 0 Å². The van der Waals surface area contributed by atoms with Gasteiger partial charge in [-0.25, -0.2) is 0 Å². The molecular formula is C15H15ClN2. The largest absolute Gasteiger partial charge is 0.289 e. The summed E-state index contributed by atoms with van der Waals surface area (Å²) in [5.74, 6) is 0. The van der Waals surface area contributed by atoms with Crippen LogP contribution >= 0.6 is 11.6 Å². The SMILES string of the molecule is C=Nc1ccccc1C(=N)Cl.Cc1ccccc1. The second-order valence-electron chi connectivity index (χ2n) is 3.64. The molecule has 0 aliphatic rings. The van der Waals surface area contributed by atoms with E-state index in [2.05, 4.69) is 30.8 Å². The lowest BCUT2D eigenvalue weighted by molar-refractivity contribution is 1.48. The van der Waals surface area contributed by atoms with Gasteiger partial charge in [0.15, 0.2) is 0 Å². The second-order valence-corrected chi connectivity index (χ2v) is 4.02. The number of benzene rings is 2. The van der Waals surface area contributed by atoms with E-state index in [-0.39, 0.29) is 5.17 Å². The second kappa shape index (κ2) is 7.41. The fraction of sp³-hybridized carbons (Fsp3) is 0.0667. The Morgan fingerprint density at radius 2 is 1.61 bits per heavy atom. The van der Waals surface area contributed by atoms with E-state index in [1.807, 2.05) is 24.3 Å². The Morgan fingerprint density at radius 1 is 1.06 bits per heavy atom. The summed E-state index contributed by atoms with van der Waals surface area (Å²) < 4.78 is 0. The number of nitrogens with zero attached hydrogens (tertiary/aromatic N) is 1. The molecule has 0 aliphatic carbocycles. The zero-order valence-corrected chi connectivity index (χ0v) is 11.0. The van der Waals surface area contributed by atoms with Gasteiger partial charge in [0.1, 0.15) is 5.17 Å². The average Bonchev–Trinajstić information content (AvgIpc) is 2.40. The van der Waals surface area contributed by atoms with Gasteiger partial charge in [-0.3, -0.25) is 10.4 Å². The van der Waals surface area contributed by atoms with Crippen LogP contribution in [0.1, 0.15) is 11.1 Å². The van der Waals surface area contributed by atoms with Crippen molar-refractivity contribution in [2.75, 3.05) is 0 Å². The van der Waals surface area contributed by atoms with Gasteiger partial charge >= 0.3 is 0 Å². The van der Waals surface area contributed by atoms with E-state index in [1.165, 1.54) is 5.56 Å². The summed E-state index contributed by atoms with van der Waals surface area (Å²) in [6.45, 7) is 5.45. The van der Waals surface area contributed by atoms with Crippen molar-refractivity contribution < 1.29 is 0 Å². The molecule has 0 saturated carbocycles. The quantitative estimate of drug-likeness (QED) is 0.766. The van der Waals surface area contributed by atoms with E-state index < -0.39 is 0 Å². The van der Waals surface area contributed by atoms with Gasteiger partial charge < -0.3 is 0 Å². The van der Waals surface area contributed by atoms with Crippen LogP contribution in [0.25, 0.3) is 0 Å². The predicted molar refractivity (Wildman–Crippen MR) is 79.5 cm³/mol. The molecule has 0 amide bonds. The summed E-state index contributed by atoms with van der Waals surface area (Å²) in [5, 5.41) is 7.15. The summed E-state index contributed by atoms with van der Waals surface area (Å²) in [4.78, 5) is 3.72. The highest BCUT2D eigenvalue weighted by Gasteiger charge is 2.01. The minimum absolute atomic E-state index is 0.00648. The Balaban J connectivity index is 0.000000199. The van der Waals surface area contributed by atoms with Crippen LogP contribution in [0.2, 0.25) is 0 Å². The topological polar surface area (TPSA) is 36.2 Å². The van der Waals surface area contributed by atoms with Crippen molar-refractivity contribution in [3.8, 4) is 0 Å². The van der Waals surface area contributed by atoms with E-state index in [9.17, 15) is 0 Å². The third-order valence-electron chi connectivity index (χ3n) is 2.25. The monoisotopic (exact) mass is 258 g/mol. The molecule has 0 fully saturated rings. The molecule has 1 N–H and O–H groups in total. The van der Waals surface area contributed by atoms with Gasteiger partial charge in [0, 0.05) is 5.56 Å². The molecule has 0 aliphatic heterocycles. The van der Waals surface area contributed by atoms with E-state index in [0.717, 1.165) is 0 Å². The van der Waals surface area contributed by atoms with Crippen molar-refractivity contribution in [2.45, 2.75) is 6.92 Å². The molecule has 2 rings (SSSR count). The number of aliphatic imine (C=N–C) groups is 1. The fourth-order valence-electron chi connectivity index (χ4n) is 1.33. The molecule has 2 nitrogen and oxygen atoms in total.